The molecule has 0 aliphatic heterocycles. The summed E-state index contributed by atoms with van der Waals surface area (Å²) in [4.78, 5) is 0.291. The van der Waals surface area contributed by atoms with Crippen LogP contribution >= 0.6 is 0 Å². The smallest absolute Gasteiger partial charge is 0.211 e. The van der Waals surface area contributed by atoms with E-state index in [-0.39, 0.29) is 6.54 Å². The molecule has 0 spiro atoms. The fourth-order valence-corrected chi connectivity index (χ4v) is 2.62. The molecular formula is C15H16NO2S. The van der Waals surface area contributed by atoms with Crippen molar-refractivity contribution in [2.24, 2.45) is 0 Å². The molecule has 0 unspecified atom stereocenters. The Hall–Kier alpha value is -1.65. The number of sulfonamides is 1. The lowest BCUT2D eigenvalue weighted by Crippen LogP contribution is -2.25. The minimum atomic E-state index is -3.43. The molecule has 4 heteroatoms. The van der Waals surface area contributed by atoms with Crippen LogP contribution in [0.3, 0.4) is 0 Å². The Balaban J connectivity index is 1.97. The first-order chi connectivity index (χ1) is 9.08. The average molecular weight is 274 g/mol. The summed E-state index contributed by atoms with van der Waals surface area (Å²) in [6.07, 6.45) is 1.84. The lowest BCUT2D eigenvalue weighted by molar-refractivity contribution is 0.585. The van der Waals surface area contributed by atoms with Gasteiger partial charge in [0.1, 0.15) is 0 Å². The number of hydrogen-bond acceptors (Lipinski definition) is 2. The highest BCUT2D eigenvalue weighted by Crippen LogP contribution is 2.10. The van der Waals surface area contributed by atoms with Crippen LogP contribution in [0.5, 0.6) is 0 Å². The SMILES string of the molecule is Cc1ccc(S(=O)(=O)NC[CH]c2ccccc2)cc1. The van der Waals surface area contributed by atoms with Crippen molar-refractivity contribution in [2.75, 3.05) is 6.54 Å². The molecule has 1 N–H and O–H groups in total. The van der Waals surface area contributed by atoms with Crippen LogP contribution in [0.2, 0.25) is 0 Å². The molecule has 0 aliphatic rings. The van der Waals surface area contributed by atoms with Gasteiger partial charge in [0.05, 0.1) is 4.90 Å². The molecule has 0 amide bonds. The second-order valence-corrected chi connectivity index (χ2v) is 6.05. The zero-order valence-electron chi connectivity index (χ0n) is 10.7. The molecule has 1 radical (unpaired) electrons. The third-order valence-electron chi connectivity index (χ3n) is 2.74. The van der Waals surface area contributed by atoms with Crippen LogP contribution in [0.15, 0.2) is 59.5 Å². The Morgan fingerprint density at radius 1 is 1.00 bits per heavy atom. The van der Waals surface area contributed by atoms with Gasteiger partial charge in [-0.25, -0.2) is 13.1 Å². The molecule has 0 atom stereocenters. The molecule has 0 fully saturated rings. The zero-order valence-corrected chi connectivity index (χ0v) is 11.5. The molecule has 19 heavy (non-hydrogen) atoms. The molecule has 0 aliphatic carbocycles. The van der Waals surface area contributed by atoms with E-state index < -0.39 is 10.0 Å². The van der Waals surface area contributed by atoms with E-state index in [1.807, 2.05) is 43.7 Å². The third kappa shape index (κ3) is 3.91. The number of nitrogens with one attached hydrogen (secondary N) is 1. The number of rotatable bonds is 5. The Morgan fingerprint density at radius 2 is 1.63 bits per heavy atom. The van der Waals surface area contributed by atoms with Gasteiger partial charge < -0.3 is 0 Å². The van der Waals surface area contributed by atoms with Gasteiger partial charge in [0, 0.05) is 13.0 Å². The van der Waals surface area contributed by atoms with Gasteiger partial charge in [0.2, 0.25) is 10.0 Å². The minimum absolute atomic E-state index is 0.278. The molecule has 0 bridgehead atoms. The van der Waals surface area contributed by atoms with Crippen molar-refractivity contribution >= 4 is 10.0 Å². The van der Waals surface area contributed by atoms with Crippen LogP contribution in [0.1, 0.15) is 11.1 Å². The number of hydrogen-bond donors (Lipinski definition) is 1. The quantitative estimate of drug-likeness (QED) is 0.910. The second kappa shape index (κ2) is 5.99. The van der Waals surface area contributed by atoms with Crippen LogP contribution in [0, 0.1) is 13.3 Å². The molecule has 0 aromatic heterocycles. The minimum Gasteiger partial charge on any atom is -0.211 e. The third-order valence-corrected chi connectivity index (χ3v) is 4.18. The van der Waals surface area contributed by atoms with E-state index >= 15 is 0 Å². The largest absolute Gasteiger partial charge is 0.240 e. The highest BCUT2D eigenvalue weighted by Gasteiger charge is 2.12. The fourth-order valence-electron chi connectivity index (χ4n) is 1.66. The van der Waals surface area contributed by atoms with E-state index in [0.717, 1.165) is 11.1 Å². The predicted octanol–water partition coefficient (Wildman–Crippen LogP) is 2.53. The van der Waals surface area contributed by atoms with Crippen molar-refractivity contribution < 1.29 is 8.42 Å². The Morgan fingerprint density at radius 3 is 2.26 bits per heavy atom. The highest BCUT2D eigenvalue weighted by molar-refractivity contribution is 7.89. The first kappa shape index (κ1) is 13.8. The molecule has 0 heterocycles. The van der Waals surface area contributed by atoms with Gasteiger partial charge in [-0.15, -0.1) is 0 Å². The molecule has 0 saturated carbocycles. The first-order valence-corrected chi connectivity index (χ1v) is 7.51. The van der Waals surface area contributed by atoms with Gasteiger partial charge in [-0.1, -0.05) is 48.0 Å². The van der Waals surface area contributed by atoms with Crippen molar-refractivity contribution in [3.05, 3.63) is 72.1 Å². The molecule has 99 valence electrons. The van der Waals surface area contributed by atoms with E-state index in [2.05, 4.69) is 4.72 Å². The highest BCUT2D eigenvalue weighted by atomic mass is 32.2. The second-order valence-electron chi connectivity index (χ2n) is 4.28. The molecule has 0 saturated heterocycles. The molecule has 2 aromatic carbocycles. The van der Waals surface area contributed by atoms with Crippen molar-refractivity contribution in [1.29, 1.82) is 0 Å². The van der Waals surface area contributed by atoms with Gasteiger partial charge in [0.15, 0.2) is 0 Å². The van der Waals surface area contributed by atoms with Gasteiger partial charge in [0.25, 0.3) is 0 Å². The monoisotopic (exact) mass is 274 g/mol. The molecule has 3 nitrogen and oxygen atoms in total. The zero-order chi connectivity index (χ0) is 13.7. The van der Waals surface area contributed by atoms with E-state index in [4.69, 9.17) is 0 Å². The van der Waals surface area contributed by atoms with Gasteiger partial charge in [-0.3, -0.25) is 0 Å². The van der Waals surface area contributed by atoms with E-state index in [1.54, 1.807) is 24.3 Å². The summed E-state index contributed by atoms with van der Waals surface area (Å²) in [5.41, 5.74) is 2.03. The summed E-state index contributed by atoms with van der Waals surface area (Å²) in [7, 11) is -3.43. The summed E-state index contributed by atoms with van der Waals surface area (Å²) in [6.45, 7) is 2.20. The summed E-state index contributed by atoms with van der Waals surface area (Å²) < 4.78 is 26.6. The molecule has 2 aromatic rings. The summed E-state index contributed by atoms with van der Waals surface area (Å²) >= 11 is 0. The molecule has 2 rings (SSSR count). The van der Waals surface area contributed by atoms with Gasteiger partial charge >= 0.3 is 0 Å². The van der Waals surface area contributed by atoms with E-state index in [1.165, 1.54) is 0 Å². The Kier molecular flexibility index (Phi) is 4.35. The van der Waals surface area contributed by atoms with E-state index in [0.29, 0.717) is 4.90 Å². The van der Waals surface area contributed by atoms with Crippen LogP contribution in [-0.2, 0) is 10.0 Å². The average Bonchev–Trinajstić information content (AvgIpc) is 2.40. The van der Waals surface area contributed by atoms with Crippen LogP contribution in [0.25, 0.3) is 0 Å². The predicted molar refractivity (Wildman–Crippen MR) is 76.2 cm³/mol. The number of aryl methyl sites for hydroxylation is 1. The Labute approximate surface area is 114 Å². The van der Waals surface area contributed by atoms with Crippen molar-refractivity contribution in [2.45, 2.75) is 11.8 Å². The number of benzene rings is 2. The maximum absolute atomic E-state index is 12.0. The summed E-state index contributed by atoms with van der Waals surface area (Å²) in [5, 5.41) is 0. The van der Waals surface area contributed by atoms with Crippen molar-refractivity contribution in [3.63, 3.8) is 0 Å². The maximum Gasteiger partial charge on any atom is 0.240 e. The van der Waals surface area contributed by atoms with E-state index in [9.17, 15) is 8.42 Å². The van der Waals surface area contributed by atoms with Gasteiger partial charge in [-0.2, -0.15) is 0 Å². The van der Waals surface area contributed by atoms with Crippen LogP contribution < -0.4 is 4.72 Å². The van der Waals surface area contributed by atoms with Crippen LogP contribution in [-0.4, -0.2) is 15.0 Å². The van der Waals surface area contributed by atoms with Crippen LogP contribution in [0.4, 0.5) is 0 Å². The van der Waals surface area contributed by atoms with Crippen molar-refractivity contribution in [3.8, 4) is 0 Å². The standard InChI is InChI=1S/C15H16NO2S/c1-13-7-9-15(10-8-13)19(17,18)16-12-11-14-5-3-2-4-6-14/h2-11,16H,12H2,1H3. The maximum atomic E-state index is 12.0. The summed E-state index contributed by atoms with van der Waals surface area (Å²) in [6, 6.07) is 16.4. The topological polar surface area (TPSA) is 46.2 Å². The lowest BCUT2D eigenvalue weighted by Gasteiger charge is -2.06. The fraction of sp³-hybridized carbons (Fsp3) is 0.133. The van der Waals surface area contributed by atoms with Gasteiger partial charge in [-0.05, 0) is 24.6 Å². The summed E-state index contributed by atoms with van der Waals surface area (Å²) in [5.74, 6) is 0. The van der Waals surface area contributed by atoms with Crippen molar-refractivity contribution in [1.82, 2.24) is 4.72 Å². The first-order valence-electron chi connectivity index (χ1n) is 6.02. The normalized spacial score (nSPS) is 11.4. The lowest BCUT2D eigenvalue weighted by atomic mass is 10.2. The Bertz CT molecular complexity index is 619. The molecular weight excluding hydrogens is 258 g/mol.